The highest BCUT2D eigenvalue weighted by Gasteiger charge is 2.35. The van der Waals surface area contributed by atoms with E-state index in [4.69, 9.17) is 23.2 Å². The van der Waals surface area contributed by atoms with Gasteiger partial charge in [0.2, 0.25) is 5.91 Å². The van der Waals surface area contributed by atoms with Crippen molar-refractivity contribution in [1.29, 1.82) is 0 Å². The average molecular weight is 460 g/mol. The van der Waals surface area contributed by atoms with E-state index in [1.807, 2.05) is 0 Å². The summed E-state index contributed by atoms with van der Waals surface area (Å²) in [6.07, 6.45) is 1.19. The minimum Gasteiger partial charge on any atom is -0.327 e. The lowest BCUT2D eigenvalue weighted by atomic mass is 10.1. The van der Waals surface area contributed by atoms with Crippen molar-refractivity contribution in [2.24, 2.45) is 0 Å². The van der Waals surface area contributed by atoms with Gasteiger partial charge in [-0.1, -0.05) is 39.1 Å². The lowest BCUT2D eigenvalue weighted by molar-refractivity contribution is -0.119. The van der Waals surface area contributed by atoms with Crippen LogP contribution in [0.15, 0.2) is 40.9 Å². The summed E-state index contributed by atoms with van der Waals surface area (Å²) in [5.41, 5.74) is 0.389. The van der Waals surface area contributed by atoms with Gasteiger partial charge in [0.05, 0.1) is 5.69 Å². The molecule has 3 rings (SSSR count). The van der Waals surface area contributed by atoms with Crippen LogP contribution in [0.2, 0.25) is 10.0 Å². The summed E-state index contributed by atoms with van der Waals surface area (Å²) < 4.78 is 14.5. The lowest BCUT2D eigenvalue weighted by Gasteiger charge is -2.24. The van der Waals surface area contributed by atoms with Crippen molar-refractivity contribution in [3.63, 3.8) is 0 Å². The Labute approximate surface area is 168 Å². The van der Waals surface area contributed by atoms with E-state index in [2.05, 4.69) is 21.2 Å². The largest absolute Gasteiger partial charge is 0.327 e. The number of nitrogens with zero attached hydrogens (tertiary/aromatic N) is 1. The van der Waals surface area contributed by atoms with E-state index in [-0.39, 0.29) is 11.6 Å². The second-order valence-corrected chi connectivity index (χ2v) is 7.72. The molecule has 1 unspecified atom stereocenters. The molecule has 0 saturated carbocycles. The fraction of sp³-hybridized carbons (Fsp3) is 0.222. The molecule has 1 N–H and O–H groups in total. The zero-order chi connectivity index (χ0) is 18.8. The van der Waals surface area contributed by atoms with Gasteiger partial charge in [-0.3, -0.25) is 9.59 Å². The third-order valence-electron chi connectivity index (χ3n) is 4.11. The summed E-state index contributed by atoms with van der Waals surface area (Å²) in [7, 11) is 0. The Morgan fingerprint density at radius 3 is 2.50 bits per heavy atom. The van der Waals surface area contributed by atoms with Crippen LogP contribution in [0.25, 0.3) is 0 Å². The van der Waals surface area contributed by atoms with Crippen molar-refractivity contribution >= 4 is 56.6 Å². The van der Waals surface area contributed by atoms with E-state index in [1.165, 1.54) is 35.2 Å². The minimum atomic E-state index is -0.677. The topological polar surface area (TPSA) is 49.4 Å². The predicted octanol–water partition coefficient (Wildman–Crippen LogP) is 5.14. The molecule has 0 aliphatic carbocycles. The van der Waals surface area contributed by atoms with Gasteiger partial charge in [0.15, 0.2) is 0 Å². The number of hydrogen-bond acceptors (Lipinski definition) is 2. The first-order chi connectivity index (χ1) is 12.3. The maximum Gasteiger partial charge on any atom is 0.254 e. The highest BCUT2D eigenvalue weighted by molar-refractivity contribution is 9.10. The molecular weight excluding hydrogens is 446 g/mol. The van der Waals surface area contributed by atoms with Crippen LogP contribution in [-0.2, 0) is 4.79 Å². The number of likely N-dealkylation sites (tertiary alicyclic amines) is 1. The van der Waals surface area contributed by atoms with Crippen molar-refractivity contribution in [2.75, 3.05) is 11.9 Å². The van der Waals surface area contributed by atoms with Gasteiger partial charge in [-0.05, 0) is 49.2 Å². The quantitative estimate of drug-likeness (QED) is 0.690. The molecule has 2 amide bonds. The first-order valence-electron chi connectivity index (χ1n) is 7.88. The van der Waals surface area contributed by atoms with Crippen LogP contribution in [0.5, 0.6) is 0 Å². The van der Waals surface area contributed by atoms with Crippen LogP contribution < -0.4 is 5.32 Å². The molecule has 0 aromatic heterocycles. The third-order valence-corrected chi connectivity index (χ3v) is 5.04. The van der Waals surface area contributed by atoms with Gasteiger partial charge < -0.3 is 10.2 Å². The van der Waals surface area contributed by atoms with Gasteiger partial charge in [-0.25, -0.2) is 4.39 Å². The Morgan fingerprint density at radius 1 is 1.15 bits per heavy atom. The van der Waals surface area contributed by atoms with Crippen molar-refractivity contribution in [3.05, 3.63) is 62.3 Å². The summed E-state index contributed by atoms with van der Waals surface area (Å²) >= 11 is 15.1. The van der Waals surface area contributed by atoms with Crippen LogP contribution in [0.1, 0.15) is 23.2 Å². The highest BCUT2D eigenvalue weighted by atomic mass is 79.9. The van der Waals surface area contributed by atoms with Crippen molar-refractivity contribution in [1.82, 2.24) is 4.90 Å². The summed E-state index contributed by atoms with van der Waals surface area (Å²) in [6, 6.07) is 8.24. The monoisotopic (exact) mass is 458 g/mol. The average Bonchev–Trinajstić information content (AvgIpc) is 3.05. The van der Waals surface area contributed by atoms with Gasteiger partial charge >= 0.3 is 0 Å². The standard InChI is InChI=1S/C18H14BrCl2FN2O2/c19-11-3-4-15(14(22)8-11)23-17(25)16-2-1-5-24(16)18(26)10-6-12(20)9-13(21)7-10/h3-4,6-9,16H,1-2,5H2,(H,23,25). The Hall–Kier alpha value is -1.63. The number of carbonyl (C=O) groups excluding carboxylic acids is 2. The summed E-state index contributed by atoms with van der Waals surface area (Å²) in [4.78, 5) is 26.8. The van der Waals surface area contributed by atoms with E-state index in [0.717, 1.165) is 0 Å². The molecular formula is C18H14BrCl2FN2O2. The molecule has 0 radical (unpaired) electrons. The van der Waals surface area contributed by atoms with Crippen LogP contribution in [0, 0.1) is 5.82 Å². The molecule has 1 aliphatic rings. The number of rotatable bonds is 3. The number of halogens is 4. The van der Waals surface area contributed by atoms with Gasteiger partial charge in [0.1, 0.15) is 11.9 Å². The van der Waals surface area contributed by atoms with Crippen LogP contribution in [0.4, 0.5) is 10.1 Å². The molecule has 1 atom stereocenters. The van der Waals surface area contributed by atoms with Gasteiger partial charge in [-0.2, -0.15) is 0 Å². The maximum atomic E-state index is 14.0. The second-order valence-electron chi connectivity index (χ2n) is 5.93. The van der Waals surface area contributed by atoms with Gasteiger partial charge in [0.25, 0.3) is 5.91 Å². The first kappa shape index (κ1) is 19.1. The predicted molar refractivity (Wildman–Crippen MR) is 103 cm³/mol. The van der Waals surface area contributed by atoms with E-state index >= 15 is 0 Å². The van der Waals surface area contributed by atoms with Gasteiger partial charge in [0, 0.05) is 26.6 Å². The van der Waals surface area contributed by atoms with E-state index in [1.54, 1.807) is 6.07 Å². The van der Waals surface area contributed by atoms with E-state index in [0.29, 0.717) is 39.5 Å². The smallest absolute Gasteiger partial charge is 0.254 e. The van der Waals surface area contributed by atoms with Crippen molar-refractivity contribution in [2.45, 2.75) is 18.9 Å². The Balaban J connectivity index is 1.78. The van der Waals surface area contributed by atoms with Crippen LogP contribution in [-0.4, -0.2) is 29.3 Å². The number of carbonyl (C=O) groups is 2. The van der Waals surface area contributed by atoms with Crippen molar-refractivity contribution in [3.8, 4) is 0 Å². The molecule has 0 bridgehead atoms. The van der Waals surface area contributed by atoms with Crippen LogP contribution >= 0.6 is 39.1 Å². The summed E-state index contributed by atoms with van der Waals surface area (Å²) in [5, 5.41) is 3.25. The molecule has 1 aliphatic heterocycles. The van der Waals surface area contributed by atoms with E-state index < -0.39 is 17.8 Å². The molecule has 2 aromatic rings. The molecule has 1 saturated heterocycles. The van der Waals surface area contributed by atoms with Crippen LogP contribution in [0.3, 0.4) is 0 Å². The molecule has 1 heterocycles. The third kappa shape index (κ3) is 4.19. The van der Waals surface area contributed by atoms with E-state index in [9.17, 15) is 14.0 Å². The van der Waals surface area contributed by atoms with Crippen molar-refractivity contribution < 1.29 is 14.0 Å². The molecule has 0 spiro atoms. The fourth-order valence-corrected chi connectivity index (χ4v) is 3.79. The molecule has 8 heteroatoms. The first-order valence-corrected chi connectivity index (χ1v) is 9.43. The number of hydrogen-bond donors (Lipinski definition) is 1. The minimum absolute atomic E-state index is 0.0725. The number of benzene rings is 2. The normalized spacial score (nSPS) is 16.6. The zero-order valence-electron chi connectivity index (χ0n) is 13.4. The fourth-order valence-electron chi connectivity index (χ4n) is 2.93. The summed E-state index contributed by atoms with van der Waals surface area (Å²) in [5.74, 6) is -1.31. The number of anilines is 1. The molecule has 2 aromatic carbocycles. The Morgan fingerprint density at radius 2 is 1.85 bits per heavy atom. The number of nitrogens with one attached hydrogen (secondary N) is 1. The molecule has 4 nitrogen and oxygen atoms in total. The maximum absolute atomic E-state index is 14.0. The highest BCUT2D eigenvalue weighted by Crippen LogP contribution is 2.26. The second kappa shape index (κ2) is 7.94. The Kier molecular flexibility index (Phi) is 5.85. The summed E-state index contributed by atoms with van der Waals surface area (Å²) in [6.45, 7) is 0.434. The lowest BCUT2D eigenvalue weighted by Crippen LogP contribution is -2.43. The zero-order valence-corrected chi connectivity index (χ0v) is 16.5. The molecule has 1 fully saturated rings. The van der Waals surface area contributed by atoms with Gasteiger partial charge in [-0.15, -0.1) is 0 Å². The number of amides is 2. The molecule has 26 heavy (non-hydrogen) atoms. The molecule has 136 valence electrons. The Bertz CT molecular complexity index is 858. The SMILES string of the molecule is O=C(Nc1ccc(Br)cc1F)C1CCCN1C(=O)c1cc(Cl)cc(Cl)c1.